The summed E-state index contributed by atoms with van der Waals surface area (Å²) in [5.74, 6) is 0. The van der Waals surface area contributed by atoms with Crippen LogP contribution in [0.15, 0.2) is 60.7 Å². The molecule has 0 fully saturated rings. The van der Waals surface area contributed by atoms with Gasteiger partial charge in [-0.3, -0.25) is 0 Å². The second-order valence-corrected chi connectivity index (χ2v) is 7.54. The quantitative estimate of drug-likeness (QED) is 0.757. The summed E-state index contributed by atoms with van der Waals surface area (Å²) < 4.78 is 2.92. The van der Waals surface area contributed by atoms with E-state index < -0.39 is 21.1 Å². The van der Waals surface area contributed by atoms with E-state index in [2.05, 4.69) is 60.7 Å². The van der Waals surface area contributed by atoms with Crippen molar-refractivity contribution in [2.24, 2.45) is 0 Å². The summed E-state index contributed by atoms with van der Waals surface area (Å²) in [5, 5.41) is 0. The van der Waals surface area contributed by atoms with Gasteiger partial charge in [-0.15, -0.1) is 0 Å². The second kappa shape index (κ2) is 5.20. The van der Waals surface area contributed by atoms with E-state index in [1.807, 2.05) is 0 Å². The standard InChI is InChI=1S/C7H7.C6H5.Sn.H/c1-7-5-3-2-4-6-7;1-2-4-6-5-3-1;;/h2-6H,1H2;1-5H;;. The summed E-state index contributed by atoms with van der Waals surface area (Å²) in [7, 11) is 0. The minimum atomic E-state index is -0.566. The van der Waals surface area contributed by atoms with Gasteiger partial charge in [-0.1, -0.05) is 0 Å². The number of benzene rings is 2. The van der Waals surface area contributed by atoms with E-state index in [9.17, 15) is 0 Å². The third-order valence-corrected chi connectivity index (χ3v) is 6.59. The SMILES string of the molecule is c1ccc([CH2][SnH][c]2ccccc2)cc1. The van der Waals surface area contributed by atoms with Crippen LogP contribution in [0.4, 0.5) is 0 Å². The van der Waals surface area contributed by atoms with Crippen LogP contribution in [0.1, 0.15) is 5.56 Å². The van der Waals surface area contributed by atoms with Gasteiger partial charge in [-0.05, 0) is 0 Å². The van der Waals surface area contributed by atoms with E-state index in [-0.39, 0.29) is 0 Å². The molecule has 0 aliphatic carbocycles. The number of hydrogen-bond acceptors (Lipinski definition) is 0. The molecule has 0 nitrogen and oxygen atoms in total. The van der Waals surface area contributed by atoms with E-state index in [1.54, 1.807) is 3.58 Å². The van der Waals surface area contributed by atoms with Crippen molar-refractivity contribution in [2.75, 3.05) is 0 Å². The fourth-order valence-electron chi connectivity index (χ4n) is 1.44. The Morgan fingerprint density at radius 1 is 0.714 bits per heavy atom. The number of hydrogen-bond donors (Lipinski definition) is 0. The fourth-order valence-corrected chi connectivity index (χ4v) is 4.97. The Kier molecular flexibility index (Phi) is 3.63. The molecule has 14 heavy (non-hydrogen) atoms. The topological polar surface area (TPSA) is 0 Å². The van der Waals surface area contributed by atoms with Crippen LogP contribution in [0.5, 0.6) is 0 Å². The normalized spacial score (nSPS) is 10.0. The molecule has 0 saturated heterocycles. The molecule has 0 unspecified atom stereocenters. The van der Waals surface area contributed by atoms with E-state index in [0.29, 0.717) is 0 Å². The van der Waals surface area contributed by atoms with Gasteiger partial charge in [0.2, 0.25) is 0 Å². The van der Waals surface area contributed by atoms with Gasteiger partial charge in [0, 0.05) is 0 Å². The zero-order valence-electron chi connectivity index (χ0n) is 8.06. The molecule has 0 atom stereocenters. The molecule has 2 aromatic rings. The van der Waals surface area contributed by atoms with Crippen LogP contribution in [0.3, 0.4) is 0 Å². The molecule has 0 saturated carbocycles. The van der Waals surface area contributed by atoms with Gasteiger partial charge < -0.3 is 0 Å². The van der Waals surface area contributed by atoms with Gasteiger partial charge in [0.05, 0.1) is 0 Å². The van der Waals surface area contributed by atoms with Crippen molar-refractivity contribution < 1.29 is 0 Å². The first-order chi connectivity index (χ1) is 6.95. The maximum absolute atomic E-state index is 2.27. The van der Waals surface area contributed by atoms with Crippen LogP contribution >= 0.6 is 0 Å². The van der Waals surface area contributed by atoms with Gasteiger partial charge in [-0.25, -0.2) is 0 Å². The van der Waals surface area contributed by atoms with Gasteiger partial charge in [0.25, 0.3) is 0 Å². The predicted molar refractivity (Wildman–Crippen MR) is 63.4 cm³/mol. The summed E-state index contributed by atoms with van der Waals surface area (Å²) in [6.45, 7) is 0. The average molecular weight is 288 g/mol. The van der Waals surface area contributed by atoms with Crippen molar-refractivity contribution in [1.29, 1.82) is 0 Å². The molecule has 69 valence electrons. The van der Waals surface area contributed by atoms with Crippen molar-refractivity contribution in [2.45, 2.75) is 4.44 Å². The molecule has 0 bridgehead atoms. The number of rotatable bonds is 3. The van der Waals surface area contributed by atoms with Gasteiger partial charge in [-0.2, -0.15) is 0 Å². The van der Waals surface area contributed by atoms with E-state index in [1.165, 1.54) is 10.0 Å². The zero-order valence-corrected chi connectivity index (χ0v) is 11.4. The second-order valence-electron chi connectivity index (χ2n) is 3.30. The van der Waals surface area contributed by atoms with Gasteiger partial charge in [0.1, 0.15) is 0 Å². The van der Waals surface area contributed by atoms with Gasteiger partial charge in [0.15, 0.2) is 0 Å². The zero-order chi connectivity index (χ0) is 9.64. The monoisotopic (exact) mass is 289 g/mol. The summed E-state index contributed by atoms with van der Waals surface area (Å²) in [5.41, 5.74) is 1.50. The van der Waals surface area contributed by atoms with E-state index in [4.69, 9.17) is 0 Å². The van der Waals surface area contributed by atoms with Gasteiger partial charge >= 0.3 is 95.4 Å². The molecule has 2 rings (SSSR count). The van der Waals surface area contributed by atoms with Crippen LogP contribution in [0, 0.1) is 0 Å². The maximum atomic E-state index is 2.27. The predicted octanol–water partition coefficient (Wildman–Crippen LogP) is 1.95. The first-order valence-corrected chi connectivity index (χ1v) is 8.85. The molecule has 0 aromatic heterocycles. The van der Waals surface area contributed by atoms with E-state index in [0.717, 1.165) is 0 Å². The Bertz CT molecular complexity index is 327. The molecular formula is C13H13Sn. The minimum absolute atomic E-state index is 0.566. The van der Waals surface area contributed by atoms with Crippen molar-refractivity contribution in [3.05, 3.63) is 66.2 Å². The summed E-state index contributed by atoms with van der Waals surface area (Å²) >= 11 is -0.566. The van der Waals surface area contributed by atoms with Crippen LogP contribution in [0.2, 0.25) is 0 Å². The van der Waals surface area contributed by atoms with Crippen molar-refractivity contribution in [3.8, 4) is 0 Å². The fraction of sp³-hybridized carbons (Fsp3) is 0.0769. The van der Waals surface area contributed by atoms with Crippen LogP contribution in [-0.4, -0.2) is 21.1 Å². The molecule has 0 aliphatic heterocycles. The summed E-state index contributed by atoms with van der Waals surface area (Å²) in [6, 6.07) is 21.7. The Morgan fingerprint density at radius 3 is 1.93 bits per heavy atom. The Balaban J connectivity index is 1.96. The molecule has 0 amide bonds. The van der Waals surface area contributed by atoms with Crippen LogP contribution in [-0.2, 0) is 4.44 Å². The third-order valence-electron chi connectivity index (χ3n) is 2.22. The molecule has 0 N–H and O–H groups in total. The molecule has 1 radical (unpaired) electrons. The van der Waals surface area contributed by atoms with E-state index >= 15 is 0 Å². The average Bonchev–Trinajstić information content (AvgIpc) is 2.29. The molecule has 0 spiro atoms. The van der Waals surface area contributed by atoms with Crippen LogP contribution < -0.4 is 3.58 Å². The van der Waals surface area contributed by atoms with Crippen molar-refractivity contribution in [3.63, 3.8) is 0 Å². The van der Waals surface area contributed by atoms with Crippen molar-refractivity contribution in [1.82, 2.24) is 0 Å². The van der Waals surface area contributed by atoms with Crippen LogP contribution in [0.25, 0.3) is 0 Å². The summed E-state index contributed by atoms with van der Waals surface area (Å²) in [4.78, 5) is 0. The third kappa shape index (κ3) is 2.88. The Morgan fingerprint density at radius 2 is 1.29 bits per heavy atom. The molecule has 0 aliphatic rings. The summed E-state index contributed by atoms with van der Waals surface area (Å²) in [6.07, 6.45) is 0. The molecule has 0 heterocycles. The molecule has 1 heteroatoms. The molecule has 2 aromatic carbocycles. The Hall–Kier alpha value is -0.761. The van der Waals surface area contributed by atoms with Crippen molar-refractivity contribution >= 4 is 24.7 Å². The first-order valence-electron chi connectivity index (χ1n) is 4.87. The first kappa shape index (κ1) is 9.78. The Labute approximate surface area is 95.2 Å². The molecular weight excluding hydrogens is 275 g/mol.